The molecule has 6 nitrogen and oxygen atoms in total. The molecule has 0 fully saturated rings. The molecule has 1 aromatic heterocycles. The molecule has 1 aliphatic rings. The molecule has 1 atom stereocenters. The molecular weight excluding hydrogens is 304 g/mol. The Balaban J connectivity index is 1.79. The summed E-state index contributed by atoms with van der Waals surface area (Å²) in [5.74, 6) is -0.561. The van der Waals surface area contributed by atoms with Gasteiger partial charge >= 0.3 is 0 Å². The van der Waals surface area contributed by atoms with E-state index in [9.17, 15) is 9.59 Å². The van der Waals surface area contributed by atoms with Gasteiger partial charge in [0.15, 0.2) is 5.82 Å². The Labute approximate surface area is 140 Å². The van der Waals surface area contributed by atoms with E-state index in [1.807, 2.05) is 45.0 Å². The van der Waals surface area contributed by atoms with Crippen LogP contribution >= 0.6 is 0 Å². The van der Waals surface area contributed by atoms with Gasteiger partial charge in [-0.3, -0.25) is 9.59 Å². The number of carbonyl (C=O) groups excluding carboxylic acids is 2. The number of fused-ring (bicyclic) bond motifs is 1. The lowest BCUT2D eigenvalue weighted by atomic mass is 9.90. The minimum Gasteiger partial charge on any atom is -0.326 e. The van der Waals surface area contributed by atoms with Crippen LogP contribution in [0.15, 0.2) is 36.4 Å². The second kappa shape index (κ2) is 6.03. The molecule has 1 aliphatic heterocycles. The zero-order valence-electron chi connectivity index (χ0n) is 14.0. The zero-order chi connectivity index (χ0) is 17.3. The molecule has 0 aliphatic carbocycles. The van der Waals surface area contributed by atoms with Gasteiger partial charge < -0.3 is 10.6 Å². The topological polar surface area (TPSA) is 84.0 Å². The minimum atomic E-state index is -0.529. The van der Waals surface area contributed by atoms with Gasteiger partial charge in [0.05, 0.1) is 11.6 Å². The number of anilines is 2. The number of nitrogens with one attached hydrogen (secondary N) is 2. The molecule has 124 valence electrons. The summed E-state index contributed by atoms with van der Waals surface area (Å²) in [5, 5.41) is 13.8. The van der Waals surface area contributed by atoms with Gasteiger partial charge in [-0.2, -0.15) is 5.10 Å². The van der Waals surface area contributed by atoms with Crippen LogP contribution in [0.2, 0.25) is 0 Å². The van der Waals surface area contributed by atoms with Gasteiger partial charge in [-0.05, 0) is 23.8 Å². The molecule has 6 heteroatoms. The molecular formula is C18H20N4O2. The lowest BCUT2D eigenvalue weighted by Gasteiger charge is -2.24. The fourth-order valence-corrected chi connectivity index (χ4v) is 2.66. The maximum Gasteiger partial charge on any atom is 0.233 e. The van der Waals surface area contributed by atoms with Crippen molar-refractivity contribution in [1.82, 2.24) is 10.2 Å². The fourth-order valence-electron chi connectivity index (χ4n) is 2.66. The summed E-state index contributed by atoms with van der Waals surface area (Å²) < 4.78 is 0. The van der Waals surface area contributed by atoms with Crippen molar-refractivity contribution in [3.8, 4) is 0 Å². The molecule has 0 bridgehead atoms. The maximum atomic E-state index is 12.6. The number of carbonyl (C=O) groups is 2. The number of hydrogen-bond donors (Lipinski definition) is 2. The third kappa shape index (κ3) is 3.27. The lowest BCUT2D eigenvalue weighted by molar-refractivity contribution is -0.123. The molecule has 2 heterocycles. The summed E-state index contributed by atoms with van der Waals surface area (Å²) in [5.41, 5.74) is 2.25. The zero-order valence-corrected chi connectivity index (χ0v) is 14.0. The molecule has 24 heavy (non-hydrogen) atoms. The van der Waals surface area contributed by atoms with Crippen LogP contribution in [-0.2, 0) is 15.0 Å². The Morgan fingerprint density at radius 2 is 1.92 bits per heavy atom. The average Bonchev–Trinajstić information content (AvgIpc) is 2.53. The number of rotatable bonds is 2. The van der Waals surface area contributed by atoms with Gasteiger partial charge in [0.25, 0.3) is 0 Å². The number of aromatic nitrogens is 2. The minimum absolute atomic E-state index is 0.101. The molecule has 3 rings (SSSR count). The summed E-state index contributed by atoms with van der Waals surface area (Å²) in [4.78, 5) is 24.4. The van der Waals surface area contributed by atoms with Gasteiger partial charge in [0.2, 0.25) is 11.8 Å². The average molecular weight is 324 g/mol. The van der Waals surface area contributed by atoms with Crippen molar-refractivity contribution in [2.45, 2.75) is 38.5 Å². The first kappa shape index (κ1) is 16.1. The standard InChI is InChI=1S/C18H20N4O2/c1-18(2,3)14-8-9-15(22-21-14)20-17(24)12-10-16(23)19-13-7-5-4-6-11(12)13/h4-9,12H,10H2,1-3H3,(H,19,23)(H,20,22,24)/t12-/m0/s1. The predicted octanol–water partition coefficient (Wildman–Crippen LogP) is 2.84. The van der Waals surface area contributed by atoms with Gasteiger partial charge in [-0.1, -0.05) is 39.0 Å². The normalized spacial score (nSPS) is 17.0. The van der Waals surface area contributed by atoms with Crippen LogP contribution in [0.25, 0.3) is 0 Å². The van der Waals surface area contributed by atoms with Crippen molar-refractivity contribution in [2.75, 3.05) is 10.6 Å². The van der Waals surface area contributed by atoms with E-state index in [1.54, 1.807) is 12.1 Å². The van der Waals surface area contributed by atoms with Gasteiger partial charge in [-0.15, -0.1) is 5.10 Å². The van der Waals surface area contributed by atoms with E-state index >= 15 is 0 Å². The van der Waals surface area contributed by atoms with Crippen LogP contribution in [0.4, 0.5) is 11.5 Å². The van der Waals surface area contributed by atoms with Crippen molar-refractivity contribution >= 4 is 23.3 Å². The van der Waals surface area contributed by atoms with Crippen LogP contribution in [-0.4, -0.2) is 22.0 Å². The first-order chi connectivity index (χ1) is 11.3. The van der Waals surface area contributed by atoms with E-state index in [4.69, 9.17) is 0 Å². The second-order valence-corrected chi connectivity index (χ2v) is 6.94. The van der Waals surface area contributed by atoms with Gasteiger partial charge in [0, 0.05) is 17.5 Å². The summed E-state index contributed by atoms with van der Waals surface area (Å²) in [6.07, 6.45) is 0.121. The Kier molecular flexibility index (Phi) is 4.05. The van der Waals surface area contributed by atoms with Crippen molar-refractivity contribution in [2.24, 2.45) is 0 Å². The molecule has 0 saturated heterocycles. The van der Waals surface area contributed by atoms with Gasteiger partial charge in [0.1, 0.15) is 0 Å². The third-order valence-electron chi connectivity index (χ3n) is 4.00. The Morgan fingerprint density at radius 3 is 2.58 bits per heavy atom. The van der Waals surface area contributed by atoms with E-state index in [1.165, 1.54) is 0 Å². The molecule has 2 N–H and O–H groups in total. The van der Waals surface area contributed by atoms with Crippen LogP contribution in [0.3, 0.4) is 0 Å². The number of para-hydroxylation sites is 1. The number of amides is 2. The summed E-state index contributed by atoms with van der Waals surface area (Å²) in [6.45, 7) is 6.15. The third-order valence-corrected chi connectivity index (χ3v) is 4.00. The Hall–Kier alpha value is -2.76. The molecule has 2 aromatic rings. The van der Waals surface area contributed by atoms with E-state index in [0.717, 1.165) is 11.3 Å². The van der Waals surface area contributed by atoms with E-state index in [0.29, 0.717) is 11.5 Å². The SMILES string of the molecule is CC(C)(C)c1ccc(NC(=O)[C@H]2CC(=O)Nc3ccccc32)nn1. The predicted molar refractivity (Wildman–Crippen MR) is 91.8 cm³/mol. The Bertz CT molecular complexity index is 778. The summed E-state index contributed by atoms with van der Waals surface area (Å²) in [6, 6.07) is 10.9. The summed E-state index contributed by atoms with van der Waals surface area (Å²) in [7, 11) is 0. The first-order valence-corrected chi connectivity index (χ1v) is 7.88. The smallest absolute Gasteiger partial charge is 0.233 e. The quantitative estimate of drug-likeness (QED) is 0.889. The molecule has 0 spiro atoms. The summed E-state index contributed by atoms with van der Waals surface area (Å²) >= 11 is 0. The van der Waals surface area contributed by atoms with Crippen molar-refractivity contribution in [1.29, 1.82) is 0 Å². The molecule has 0 radical (unpaired) electrons. The second-order valence-electron chi connectivity index (χ2n) is 6.94. The monoisotopic (exact) mass is 324 g/mol. The highest BCUT2D eigenvalue weighted by Gasteiger charge is 2.30. The fraction of sp³-hybridized carbons (Fsp3) is 0.333. The largest absolute Gasteiger partial charge is 0.326 e. The molecule has 2 amide bonds. The lowest BCUT2D eigenvalue weighted by Crippen LogP contribution is -2.31. The molecule has 1 aromatic carbocycles. The van der Waals surface area contributed by atoms with E-state index < -0.39 is 5.92 Å². The number of hydrogen-bond acceptors (Lipinski definition) is 4. The van der Waals surface area contributed by atoms with Crippen LogP contribution in [0.1, 0.15) is 44.4 Å². The molecule has 0 saturated carbocycles. The highest BCUT2D eigenvalue weighted by Crippen LogP contribution is 2.32. The van der Waals surface area contributed by atoms with E-state index in [-0.39, 0.29) is 23.7 Å². The number of nitrogens with zero attached hydrogens (tertiary/aromatic N) is 2. The first-order valence-electron chi connectivity index (χ1n) is 7.88. The van der Waals surface area contributed by atoms with Gasteiger partial charge in [-0.25, -0.2) is 0 Å². The number of benzene rings is 1. The Morgan fingerprint density at radius 1 is 1.17 bits per heavy atom. The highest BCUT2D eigenvalue weighted by molar-refractivity contribution is 6.04. The molecule has 0 unspecified atom stereocenters. The van der Waals surface area contributed by atoms with E-state index in [2.05, 4.69) is 20.8 Å². The van der Waals surface area contributed by atoms with Crippen molar-refractivity contribution in [3.05, 3.63) is 47.7 Å². The van der Waals surface area contributed by atoms with Crippen molar-refractivity contribution in [3.63, 3.8) is 0 Å². The maximum absolute atomic E-state index is 12.6. The highest BCUT2D eigenvalue weighted by atomic mass is 16.2. The van der Waals surface area contributed by atoms with Crippen molar-refractivity contribution < 1.29 is 9.59 Å². The van der Waals surface area contributed by atoms with Crippen LogP contribution < -0.4 is 10.6 Å². The van der Waals surface area contributed by atoms with Crippen LogP contribution in [0, 0.1) is 0 Å². The van der Waals surface area contributed by atoms with Crippen LogP contribution in [0.5, 0.6) is 0 Å².